The molecule has 7 nitrogen and oxygen atoms in total. The lowest BCUT2D eigenvalue weighted by Crippen LogP contribution is -2.53. The number of carboxylic acids is 1. The molecular formula is C26H32ClN3O4. The first-order chi connectivity index (χ1) is 15.9. The maximum atomic E-state index is 13.0. The van der Waals surface area contributed by atoms with Gasteiger partial charge in [-0.05, 0) is 48.4 Å². The van der Waals surface area contributed by atoms with Crippen LogP contribution in [0.1, 0.15) is 61.2 Å². The van der Waals surface area contributed by atoms with E-state index in [9.17, 15) is 14.7 Å². The fourth-order valence-corrected chi connectivity index (χ4v) is 4.19. The number of carboxylic acid groups (broad SMARTS) is 1. The van der Waals surface area contributed by atoms with Crippen LogP contribution in [0.2, 0.25) is 5.02 Å². The number of amides is 2. The molecule has 0 bridgehead atoms. The molecule has 1 atom stereocenters. The molecule has 1 aromatic carbocycles. The minimum atomic E-state index is -1.07. The molecule has 0 unspecified atom stereocenters. The number of aromatic carboxylic acids is 1. The minimum absolute atomic E-state index is 0.0663. The molecule has 1 aliphatic rings. The summed E-state index contributed by atoms with van der Waals surface area (Å²) in [5.41, 5.74) is 2.45. The second-order valence-corrected chi connectivity index (χ2v) is 10.3. The van der Waals surface area contributed by atoms with Gasteiger partial charge in [0.15, 0.2) is 0 Å². The van der Waals surface area contributed by atoms with Gasteiger partial charge in [0.25, 0.3) is 0 Å². The number of methoxy groups -OCH3 is 1. The first-order valence-electron chi connectivity index (χ1n) is 11.2. The first kappa shape index (κ1) is 25.7. The zero-order valence-electron chi connectivity index (χ0n) is 20.3. The Balaban J connectivity index is 2.07. The summed E-state index contributed by atoms with van der Waals surface area (Å²) in [6, 6.07) is 7.13. The molecule has 1 aliphatic heterocycles. The number of nitrogens with one attached hydrogen (secondary N) is 1. The molecule has 3 rings (SSSR count). The van der Waals surface area contributed by atoms with E-state index < -0.39 is 11.5 Å². The van der Waals surface area contributed by atoms with E-state index >= 15 is 0 Å². The van der Waals surface area contributed by atoms with Gasteiger partial charge in [0.1, 0.15) is 0 Å². The molecule has 0 saturated carbocycles. The van der Waals surface area contributed by atoms with Gasteiger partial charge in [0, 0.05) is 41.9 Å². The summed E-state index contributed by atoms with van der Waals surface area (Å²) < 4.78 is 5.14. The number of carbonyl (C=O) groups excluding carboxylic acids is 1. The van der Waals surface area contributed by atoms with Crippen molar-refractivity contribution >= 4 is 29.2 Å². The molecule has 0 fully saturated rings. The van der Waals surface area contributed by atoms with Gasteiger partial charge in [-0.1, -0.05) is 44.5 Å². The molecule has 34 heavy (non-hydrogen) atoms. The monoisotopic (exact) mass is 485 g/mol. The lowest BCUT2D eigenvalue weighted by molar-refractivity contribution is 0.0696. The Labute approximate surface area is 205 Å². The number of hydrogen-bond donors (Lipinski definition) is 2. The lowest BCUT2D eigenvalue weighted by Gasteiger charge is -2.41. The number of urea groups is 1. The van der Waals surface area contributed by atoms with Gasteiger partial charge in [0.2, 0.25) is 0 Å². The van der Waals surface area contributed by atoms with Crippen molar-refractivity contribution in [1.82, 2.24) is 15.2 Å². The van der Waals surface area contributed by atoms with Gasteiger partial charge in [-0.15, -0.1) is 0 Å². The highest BCUT2D eigenvalue weighted by molar-refractivity contribution is 6.31. The summed E-state index contributed by atoms with van der Waals surface area (Å²) in [7, 11) is 1.57. The van der Waals surface area contributed by atoms with E-state index in [0.29, 0.717) is 29.3 Å². The van der Waals surface area contributed by atoms with E-state index in [0.717, 1.165) is 24.0 Å². The zero-order chi connectivity index (χ0) is 25.1. The average Bonchev–Trinajstić information content (AvgIpc) is 2.77. The largest absolute Gasteiger partial charge is 0.478 e. The molecule has 2 aromatic rings. The highest BCUT2D eigenvalue weighted by Crippen LogP contribution is 2.40. The molecule has 0 saturated heterocycles. The summed E-state index contributed by atoms with van der Waals surface area (Å²) >= 11 is 6.68. The average molecular weight is 486 g/mol. The third-order valence-corrected chi connectivity index (χ3v) is 6.40. The molecule has 1 aromatic heterocycles. The van der Waals surface area contributed by atoms with Gasteiger partial charge in [0.05, 0.1) is 24.3 Å². The number of halogens is 1. The maximum absolute atomic E-state index is 13.0. The van der Waals surface area contributed by atoms with Crippen molar-refractivity contribution in [1.29, 1.82) is 0 Å². The summed E-state index contributed by atoms with van der Waals surface area (Å²) in [5, 5.41) is 13.2. The summed E-state index contributed by atoms with van der Waals surface area (Å²) in [6.07, 6.45) is 6.48. The molecule has 2 heterocycles. The van der Waals surface area contributed by atoms with Gasteiger partial charge < -0.3 is 15.2 Å². The topological polar surface area (TPSA) is 91.8 Å². The van der Waals surface area contributed by atoms with Crippen molar-refractivity contribution in [3.8, 4) is 0 Å². The van der Waals surface area contributed by atoms with Gasteiger partial charge in [-0.25, -0.2) is 9.59 Å². The van der Waals surface area contributed by atoms with Crippen LogP contribution in [-0.4, -0.2) is 47.3 Å². The van der Waals surface area contributed by atoms with Crippen molar-refractivity contribution in [2.24, 2.45) is 5.41 Å². The molecule has 0 aliphatic carbocycles. The Morgan fingerprint density at radius 3 is 2.62 bits per heavy atom. The highest BCUT2D eigenvalue weighted by atomic mass is 35.5. The number of ether oxygens (including phenoxy) is 1. The Kier molecular flexibility index (Phi) is 7.68. The van der Waals surface area contributed by atoms with Crippen molar-refractivity contribution < 1.29 is 19.4 Å². The molecular weight excluding hydrogens is 454 g/mol. The quantitative estimate of drug-likeness (QED) is 0.526. The third kappa shape index (κ3) is 5.77. The number of pyridine rings is 1. The molecule has 2 N–H and O–H groups in total. The van der Waals surface area contributed by atoms with Crippen LogP contribution in [0.25, 0.3) is 5.57 Å². The normalized spacial score (nSPS) is 18.5. The lowest BCUT2D eigenvalue weighted by atomic mass is 9.79. The number of aryl methyl sites for hydroxylation is 1. The van der Waals surface area contributed by atoms with Crippen LogP contribution in [0.15, 0.2) is 42.9 Å². The van der Waals surface area contributed by atoms with Crippen LogP contribution in [-0.2, 0) is 16.7 Å². The molecule has 0 spiro atoms. The van der Waals surface area contributed by atoms with Crippen molar-refractivity contribution in [2.45, 2.75) is 46.1 Å². The Morgan fingerprint density at radius 1 is 1.26 bits per heavy atom. The van der Waals surface area contributed by atoms with Crippen LogP contribution in [0.4, 0.5) is 4.79 Å². The first-order valence-corrected chi connectivity index (χ1v) is 11.6. The van der Waals surface area contributed by atoms with Crippen LogP contribution in [0.3, 0.4) is 0 Å². The predicted molar refractivity (Wildman–Crippen MR) is 133 cm³/mol. The van der Waals surface area contributed by atoms with E-state index in [2.05, 4.69) is 31.1 Å². The molecule has 2 amide bonds. The second kappa shape index (κ2) is 10.2. The zero-order valence-corrected chi connectivity index (χ0v) is 21.1. The maximum Gasteiger partial charge on any atom is 0.337 e. The van der Waals surface area contributed by atoms with Crippen molar-refractivity contribution in [3.05, 3.63) is 70.1 Å². The second-order valence-electron chi connectivity index (χ2n) is 9.92. The van der Waals surface area contributed by atoms with Crippen LogP contribution < -0.4 is 5.32 Å². The summed E-state index contributed by atoms with van der Waals surface area (Å²) in [6.45, 7) is 9.17. The molecule has 8 heteroatoms. The number of aromatic nitrogens is 1. The van der Waals surface area contributed by atoms with E-state index in [4.69, 9.17) is 16.3 Å². The van der Waals surface area contributed by atoms with Crippen molar-refractivity contribution in [3.63, 3.8) is 0 Å². The van der Waals surface area contributed by atoms with Gasteiger partial charge in [-0.3, -0.25) is 9.88 Å². The van der Waals surface area contributed by atoms with Crippen molar-refractivity contribution in [2.75, 3.05) is 20.3 Å². The van der Waals surface area contributed by atoms with E-state index in [1.807, 2.05) is 25.1 Å². The van der Waals surface area contributed by atoms with E-state index in [1.165, 1.54) is 11.1 Å². The summed E-state index contributed by atoms with van der Waals surface area (Å²) in [4.78, 5) is 30.2. The molecule has 0 radical (unpaired) electrons. The van der Waals surface area contributed by atoms with Crippen LogP contribution in [0, 0.1) is 5.41 Å². The van der Waals surface area contributed by atoms with Gasteiger partial charge in [-0.2, -0.15) is 0 Å². The van der Waals surface area contributed by atoms with E-state index in [-0.39, 0.29) is 17.0 Å². The number of carbonyl (C=O) groups is 2. The van der Waals surface area contributed by atoms with Crippen LogP contribution >= 0.6 is 11.6 Å². The Bertz CT molecular complexity index is 1110. The highest BCUT2D eigenvalue weighted by Gasteiger charge is 2.39. The van der Waals surface area contributed by atoms with Gasteiger partial charge >= 0.3 is 12.0 Å². The summed E-state index contributed by atoms with van der Waals surface area (Å²) in [5.74, 6) is -1.07. The fraction of sp³-hybridized carbons (Fsp3) is 0.423. The fourth-order valence-electron chi connectivity index (χ4n) is 3.92. The Hall–Kier alpha value is -2.90. The standard InChI is InChI=1S/C26H32ClN3O4/c1-25(2,3)9-8-17-6-7-20(13-22(17)27)26(4)21(16-30(10-11-34-5)24(33)29-26)18-12-19(23(31)32)15-28-14-18/h6-7,12-16H,8-11H2,1-5H3,(H,29,33)(H,31,32)/t26-/m0/s1. The third-order valence-electron chi connectivity index (χ3n) is 6.05. The van der Waals surface area contributed by atoms with Crippen LogP contribution in [0.5, 0.6) is 0 Å². The smallest absolute Gasteiger partial charge is 0.337 e. The number of rotatable bonds is 8. The minimum Gasteiger partial charge on any atom is -0.478 e. The number of benzene rings is 1. The number of nitrogens with zero attached hydrogens (tertiary/aromatic N) is 2. The Morgan fingerprint density at radius 2 is 2.00 bits per heavy atom. The number of hydrogen-bond acceptors (Lipinski definition) is 4. The van der Waals surface area contributed by atoms with E-state index in [1.54, 1.807) is 25.6 Å². The SMILES string of the molecule is COCCN1C=C(c2cncc(C(=O)O)c2)[C@](C)(c2ccc(CCC(C)(C)C)c(Cl)c2)NC1=O. The molecule has 182 valence electrons. The predicted octanol–water partition coefficient (Wildman–Crippen LogP) is 5.34.